The van der Waals surface area contributed by atoms with E-state index >= 15 is 0 Å². The van der Waals surface area contributed by atoms with Gasteiger partial charge in [-0.25, -0.2) is 0 Å². The van der Waals surface area contributed by atoms with Crippen LogP contribution in [0.5, 0.6) is 0 Å². The summed E-state index contributed by atoms with van der Waals surface area (Å²) in [5, 5.41) is 2.22. The summed E-state index contributed by atoms with van der Waals surface area (Å²) in [6.07, 6.45) is 0. The van der Waals surface area contributed by atoms with Crippen LogP contribution in [-0.2, 0) is 4.79 Å². The maximum Gasteiger partial charge on any atom is 0.234 e. The molecule has 3 nitrogen and oxygen atoms in total. The van der Waals surface area contributed by atoms with Crippen LogP contribution < -0.4 is 11.1 Å². The highest BCUT2D eigenvalue weighted by Crippen LogP contribution is 1.98. The van der Waals surface area contributed by atoms with Crippen molar-refractivity contribution >= 4 is 31.2 Å². The Morgan fingerprint density at radius 2 is 2.27 bits per heavy atom. The number of carbonyl (C=O) groups is 1. The number of thiol groups is 2. The van der Waals surface area contributed by atoms with Crippen molar-refractivity contribution in [1.29, 1.82) is 0 Å². The molecule has 0 aromatic carbocycles. The Kier molecular flexibility index (Phi) is 5.81. The molecule has 0 rings (SSSR count). The summed E-state index contributed by atoms with van der Waals surface area (Å²) in [5.41, 5.74) is 5.45. The minimum Gasteiger partial charge on any atom is -0.354 e. The molecule has 0 aromatic rings. The van der Waals surface area contributed by atoms with Crippen molar-refractivity contribution in [2.75, 3.05) is 12.3 Å². The number of rotatable bonds is 4. The summed E-state index contributed by atoms with van der Waals surface area (Å²) in [5.74, 6) is 0.503. The van der Waals surface area contributed by atoms with Gasteiger partial charge in [0.05, 0.1) is 5.25 Å². The van der Waals surface area contributed by atoms with Crippen molar-refractivity contribution in [2.24, 2.45) is 5.73 Å². The van der Waals surface area contributed by atoms with E-state index in [2.05, 4.69) is 30.6 Å². The number of hydrogen-bond acceptors (Lipinski definition) is 4. The van der Waals surface area contributed by atoms with Gasteiger partial charge in [-0.2, -0.15) is 25.3 Å². The average molecular weight is 194 g/mol. The highest BCUT2D eigenvalue weighted by atomic mass is 32.1. The van der Waals surface area contributed by atoms with Crippen molar-refractivity contribution in [2.45, 2.75) is 18.2 Å². The van der Waals surface area contributed by atoms with Crippen LogP contribution in [0.4, 0.5) is 0 Å². The first kappa shape index (κ1) is 11.1. The van der Waals surface area contributed by atoms with Gasteiger partial charge in [0.1, 0.15) is 0 Å². The zero-order valence-electron chi connectivity index (χ0n) is 6.45. The Labute approximate surface area is 77.9 Å². The van der Waals surface area contributed by atoms with Gasteiger partial charge >= 0.3 is 0 Å². The average Bonchev–Trinajstić information content (AvgIpc) is 1.98. The van der Waals surface area contributed by atoms with E-state index in [4.69, 9.17) is 5.73 Å². The molecule has 0 spiro atoms. The molecule has 11 heavy (non-hydrogen) atoms. The van der Waals surface area contributed by atoms with E-state index in [-0.39, 0.29) is 11.9 Å². The van der Waals surface area contributed by atoms with Gasteiger partial charge in [0.15, 0.2) is 0 Å². The molecule has 0 bridgehead atoms. The summed E-state index contributed by atoms with van der Waals surface area (Å²) in [4.78, 5) is 11.0. The second-order valence-electron chi connectivity index (χ2n) is 2.32. The molecule has 0 heterocycles. The fourth-order valence-corrected chi connectivity index (χ4v) is 0.726. The molecule has 0 aliphatic carbocycles. The maximum absolute atomic E-state index is 11.0. The third kappa shape index (κ3) is 4.55. The van der Waals surface area contributed by atoms with Gasteiger partial charge in [-0.05, 0) is 6.92 Å². The normalized spacial score (nSPS) is 15.6. The van der Waals surface area contributed by atoms with Gasteiger partial charge < -0.3 is 11.1 Å². The molecular formula is C6H14N2OS2. The lowest BCUT2D eigenvalue weighted by Crippen LogP contribution is -2.42. The summed E-state index contributed by atoms with van der Waals surface area (Å²) in [6, 6.07) is -0.224. The number of amides is 1. The highest BCUT2D eigenvalue weighted by molar-refractivity contribution is 7.81. The van der Waals surface area contributed by atoms with Crippen molar-refractivity contribution in [3.05, 3.63) is 0 Å². The summed E-state index contributed by atoms with van der Waals surface area (Å²) in [6.45, 7) is 2.31. The van der Waals surface area contributed by atoms with Crippen LogP contribution in [0.15, 0.2) is 0 Å². The smallest absolute Gasteiger partial charge is 0.234 e. The molecule has 0 radical (unpaired) electrons. The molecule has 0 aliphatic heterocycles. The van der Waals surface area contributed by atoms with Crippen molar-refractivity contribution in [1.82, 2.24) is 5.32 Å². The number of nitrogens with two attached hydrogens (primary N) is 1. The first-order valence-corrected chi connectivity index (χ1v) is 4.56. The van der Waals surface area contributed by atoms with Crippen molar-refractivity contribution < 1.29 is 4.79 Å². The number of carbonyl (C=O) groups excluding carboxylic acids is 1. The molecule has 0 aromatic heterocycles. The largest absolute Gasteiger partial charge is 0.354 e. The van der Waals surface area contributed by atoms with Crippen LogP contribution in [0.25, 0.3) is 0 Å². The monoisotopic (exact) mass is 194 g/mol. The van der Waals surface area contributed by atoms with E-state index in [1.165, 1.54) is 0 Å². The minimum atomic E-state index is -0.421. The minimum absolute atomic E-state index is 0.127. The van der Waals surface area contributed by atoms with Crippen LogP contribution in [0.3, 0.4) is 0 Å². The van der Waals surface area contributed by atoms with Crippen molar-refractivity contribution in [3.63, 3.8) is 0 Å². The molecule has 3 N–H and O–H groups in total. The van der Waals surface area contributed by atoms with Crippen LogP contribution in [0.1, 0.15) is 6.92 Å². The fourth-order valence-electron chi connectivity index (χ4n) is 0.522. The van der Waals surface area contributed by atoms with Gasteiger partial charge in [-0.1, -0.05) is 0 Å². The standard InChI is InChI=1S/C6H14N2OS2/c1-4(7)5(11)6(9)8-2-3-10/h4-5,10-11H,2-3,7H2,1H3,(H,8,9). The van der Waals surface area contributed by atoms with E-state index in [1.54, 1.807) is 6.92 Å². The lowest BCUT2D eigenvalue weighted by Gasteiger charge is -2.13. The van der Waals surface area contributed by atoms with Crippen LogP contribution in [0.2, 0.25) is 0 Å². The topological polar surface area (TPSA) is 55.1 Å². The van der Waals surface area contributed by atoms with Crippen molar-refractivity contribution in [3.8, 4) is 0 Å². The van der Waals surface area contributed by atoms with Gasteiger partial charge in [-0.15, -0.1) is 0 Å². The van der Waals surface area contributed by atoms with Crippen LogP contribution in [-0.4, -0.2) is 29.5 Å². The Morgan fingerprint density at radius 3 is 2.64 bits per heavy atom. The molecule has 5 heteroatoms. The number of nitrogens with one attached hydrogen (secondary N) is 1. The molecule has 0 saturated carbocycles. The Hall–Kier alpha value is 0.130. The zero-order valence-corrected chi connectivity index (χ0v) is 8.24. The predicted octanol–water partition coefficient (Wildman–Crippen LogP) is -0.322. The van der Waals surface area contributed by atoms with E-state index in [9.17, 15) is 4.79 Å². The highest BCUT2D eigenvalue weighted by Gasteiger charge is 2.16. The lowest BCUT2D eigenvalue weighted by atomic mass is 10.2. The molecule has 2 unspecified atom stereocenters. The van der Waals surface area contributed by atoms with Crippen LogP contribution in [0, 0.1) is 0 Å². The van der Waals surface area contributed by atoms with E-state index < -0.39 is 5.25 Å². The predicted molar refractivity (Wildman–Crippen MR) is 53.3 cm³/mol. The Morgan fingerprint density at radius 1 is 1.73 bits per heavy atom. The van der Waals surface area contributed by atoms with Gasteiger partial charge in [0, 0.05) is 18.3 Å². The number of hydrogen-bond donors (Lipinski definition) is 4. The van der Waals surface area contributed by atoms with E-state index in [1.807, 2.05) is 0 Å². The second-order valence-corrected chi connectivity index (χ2v) is 3.32. The van der Waals surface area contributed by atoms with Gasteiger partial charge in [-0.3, -0.25) is 4.79 Å². The quantitative estimate of drug-likeness (QED) is 0.464. The molecule has 2 atom stereocenters. The Bertz CT molecular complexity index is 130. The third-order valence-corrected chi connectivity index (χ3v) is 2.11. The molecule has 66 valence electrons. The maximum atomic E-state index is 11.0. The lowest BCUT2D eigenvalue weighted by molar-refractivity contribution is -0.120. The molecule has 1 amide bonds. The zero-order chi connectivity index (χ0) is 8.85. The summed E-state index contributed by atoms with van der Waals surface area (Å²) < 4.78 is 0. The van der Waals surface area contributed by atoms with Gasteiger partial charge in [0.2, 0.25) is 5.91 Å². The third-order valence-electron chi connectivity index (χ3n) is 1.18. The van der Waals surface area contributed by atoms with E-state index in [0.717, 1.165) is 0 Å². The fraction of sp³-hybridized carbons (Fsp3) is 0.833. The molecular weight excluding hydrogens is 180 g/mol. The molecule has 0 fully saturated rings. The van der Waals surface area contributed by atoms with E-state index in [0.29, 0.717) is 12.3 Å². The van der Waals surface area contributed by atoms with Gasteiger partial charge in [0.25, 0.3) is 0 Å². The Balaban J connectivity index is 3.64. The molecule has 0 aliphatic rings. The second kappa shape index (κ2) is 5.74. The summed E-state index contributed by atoms with van der Waals surface area (Å²) >= 11 is 7.98. The molecule has 0 saturated heterocycles. The van der Waals surface area contributed by atoms with Crippen LogP contribution >= 0.6 is 25.3 Å². The first-order chi connectivity index (χ1) is 5.09. The SMILES string of the molecule is CC(N)C(S)C(=O)NCCS. The summed E-state index contributed by atoms with van der Waals surface area (Å²) in [7, 11) is 0. The first-order valence-electron chi connectivity index (χ1n) is 3.41.